The Morgan fingerprint density at radius 1 is 1.20 bits per heavy atom. The highest BCUT2D eigenvalue weighted by molar-refractivity contribution is 7.86. The van der Waals surface area contributed by atoms with Gasteiger partial charge in [-0.05, 0) is 48.9 Å². The standard InChI is InChI=1S/C18H20O3S.CHF3O3S/c1-12(2)20-18(19)21-15-10-9-13-6-3-4-7-14(13)17(15)16-8-5-11-22-16;2-1(3,4)8(5,6)7/h3-4,6-7,9-10,12,16H,5,8,11H2,1-2H3;(H,5,6,7). The minimum Gasteiger partial charge on any atom is -0.741 e. The summed E-state index contributed by atoms with van der Waals surface area (Å²) in [6.45, 7) is 3.64. The molecular formula is C19H21F3O6S2. The minimum atomic E-state index is -6.09. The summed E-state index contributed by atoms with van der Waals surface area (Å²) in [6, 6.07) is 12.2. The van der Waals surface area contributed by atoms with Crippen LogP contribution in [0.3, 0.4) is 0 Å². The van der Waals surface area contributed by atoms with Crippen LogP contribution in [0.1, 0.15) is 37.5 Å². The van der Waals surface area contributed by atoms with E-state index in [1.165, 1.54) is 34.7 Å². The van der Waals surface area contributed by atoms with Crippen LogP contribution in [0, 0.1) is 0 Å². The second kappa shape index (κ2) is 9.88. The predicted octanol–water partition coefficient (Wildman–Crippen LogP) is 4.46. The van der Waals surface area contributed by atoms with E-state index in [2.05, 4.69) is 12.1 Å². The fourth-order valence-electron chi connectivity index (χ4n) is 2.87. The van der Waals surface area contributed by atoms with Gasteiger partial charge < -0.3 is 14.0 Å². The van der Waals surface area contributed by atoms with Crippen molar-refractivity contribution >= 4 is 38.8 Å². The third-order valence-electron chi connectivity index (χ3n) is 4.06. The van der Waals surface area contributed by atoms with Gasteiger partial charge in [-0.1, -0.05) is 30.3 Å². The zero-order chi connectivity index (χ0) is 22.5. The molecule has 0 radical (unpaired) electrons. The molecule has 30 heavy (non-hydrogen) atoms. The normalized spacial score (nSPS) is 16.8. The van der Waals surface area contributed by atoms with E-state index in [-0.39, 0.29) is 6.10 Å². The monoisotopic (exact) mass is 466 g/mol. The van der Waals surface area contributed by atoms with E-state index in [1.807, 2.05) is 38.1 Å². The number of thiol groups is 1. The Bertz CT molecular complexity index is 983. The molecule has 0 aliphatic carbocycles. The van der Waals surface area contributed by atoms with Gasteiger partial charge in [0.1, 0.15) is 16.8 Å². The van der Waals surface area contributed by atoms with Gasteiger partial charge in [0.05, 0.1) is 11.7 Å². The lowest BCUT2D eigenvalue weighted by atomic mass is 9.99. The minimum absolute atomic E-state index is 0.180. The summed E-state index contributed by atoms with van der Waals surface area (Å²) in [7, 11) is -6.09. The Kier molecular flexibility index (Phi) is 8.00. The van der Waals surface area contributed by atoms with Crippen LogP contribution in [0.2, 0.25) is 0 Å². The van der Waals surface area contributed by atoms with Crippen molar-refractivity contribution in [3.8, 4) is 5.75 Å². The highest BCUT2D eigenvalue weighted by Gasteiger charge is 2.37. The number of fused-ring (bicyclic) bond motifs is 1. The van der Waals surface area contributed by atoms with Crippen LogP contribution < -0.4 is 4.74 Å². The largest absolute Gasteiger partial charge is 0.741 e. The van der Waals surface area contributed by atoms with Crippen molar-refractivity contribution in [3.63, 3.8) is 0 Å². The second-order valence-electron chi connectivity index (χ2n) is 6.68. The van der Waals surface area contributed by atoms with Crippen LogP contribution in [0.25, 0.3) is 10.8 Å². The quantitative estimate of drug-likeness (QED) is 0.166. The predicted molar refractivity (Wildman–Crippen MR) is 108 cm³/mol. The number of rotatable bonds is 3. The molecule has 6 nitrogen and oxygen atoms in total. The van der Waals surface area contributed by atoms with Crippen molar-refractivity contribution in [1.29, 1.82) is 0 Å². The maximum Gasteiger partial charge on any atom is 0.514 e. The summed E-state index contributed by atoms with van der Waals surface area (Å²) in [4.78, 5) is 11.9. The topological polar surface area (TPSA) is 92.7 Å². The highest BCUT2D eigenvalue weighted by atomic mass is 32.2. The van der Waals surface area contributed by atoms with Crippen LogP contribution in [-0.2, 0) is 26.6 Å². The molecule has 0 N–H and O–H groups in total. The number of hydrogen-bond acceptors (Lipinski definition) is 6. The number of halogens is 3. The summed E-state index contributed by atoms with van der Waals surface area (Å²) in [5, 5.41) is 2.80. The molecule has 1 atom stereocenters. The van der Waals surface area contributed by atoms with Crippen molar-refractivity contribution in [1.82, 2.24) is 0 Å². The van der Waals surface area contributed by atoms with E-state index in [9.17, 15) is 18.0 Å². The molecule has 1 aliphatic rings. The number of alkyl halides is 3. The van der Waals surface area contributed by atoms with Gasteiger partial charge in [0, 0.05) is 6.42 Å². The van der Waals surface area contributed by atoms with E-state index in [1.54, 1.807) is 0 Å². The molecule has 3 rings (SSSR count). The Labute approximate surface area is 176 Å². The number of ether oxygens (including phenoxy) is 2. The van der Waals surface area contributed by atoms with E-state index < -0.39 is 21.8 Å². The second-order valence-corrected chi connectivity index (χ2v) is 9.49. The number of benzene rings is 2. The van der Waals surface area contributed by atoms with Gasteiger partial charge in [-0.3, -0.25) is 0 Å². The van der Waals surface area contributed by atoms with E-state index >= 15 is 0 Å². The lowest BCUT2D eigenvalue weighted by molar-refractivity contribution is -0.0517. The number of carbonyl (C=O) groups excluding carboxylic acids is 1. The molecule has 1 aliphatic heterocycles. The van der Waals surface area contributed by atoms with E-state index in [0.29, 0.717) is 11.0 Å². The molecule has 1 saturated heterocycles. The molecule has 0 saturated carbocycles. The maximum absolute atomic E-state index is 11.9. The van der Waals surface area contributed by atoms with Crippen LogP contribution in [0.4, 0.5) is 18.0 Å². The van der Waals surface area contributed by atoms with Gasteiger partial charge in [0.15, 0.2) is 10.1 Å². The fourth-order valence-corrected chi connectivity index (χ4v) is 4.36. The third-order valence-corrected chi connectivity index (χ3v) is 6.16. The maximum atomic E-state index is 11.9. The van der Waals surface area contributed by atoms with Crippen molar-refractivity contribution in [2.45, 2.75) is 43.6 Å². The first-order chi connectivity index (χ1) is 13.9. The molecule has 1 fully saturated rings. The first-order valence-corrected chi connectivity index (χ1v) is 11.5. The molecule has 1 unspecified atom stereocenters. The number of hydrogen-bond donors (Lipinski definition) is 0. The molecule has 11 heteroatoms. The average molecular weight is 466 g/mol. The van der Waals surface area contributed by atoms with E-state index in [4.69, 9.17) is 22.4 Å². The zero-order valence-electron chi connectivity index (χ0n) is 16.2. The Balaban J connectivity index is 0.000000343. The first-order valence-electron chi connectivity index (χ1n) is 8.99. The smallest absolute Gasteiger partial charge is 0.514 e. The van der Waals surface area contributed by atoms with Gasteiger partial charge in [-0.25, -0.2) is 13.2 Å². The van der Waals surface area contributed by atoms with Gasteiger partial charge in [0.2, 0.25) is 0 Å². The van der Waals surface area contributed by atoms with Crippen molar-refractivity contribution in [2.24, 2.45) is 0 Å². The van der Waals surface area contributed by atoms with Crippen LogP contribution in [0.15, 0.2) is 36.4 Å². The molecule has 0 aromatic heterocycles. The van der Waals surface area contributed by atoms with Gasteiger partial charge in [0.25, 0.3) is 0 Å². The number of carbonyl (C=O) groups is 1. The third kappa shape index (κ3) is 6.51. The molecule has 0 spiro atoms. The van der Waals surface area contributed by atoms with Gasteiger partial charge in [-0.2, -0.15) is 13.2 Å². The summed E-state index contributed by atoms with van der Waals surface area (Å²) in [6.07, 6.45) is 1.57. The summed E-state index contributed by atoms with van der Waals surface area (Å²) < 4.78 is 69.5. The molecule has 2 aromatic rings. The van der Waals surface area contributed by atoms with E-state index in [0.717, 1.165) is 12.0 Å². The lowest BCUT2D eigenvalue weighted by Gasteiger charge is -2.15. The lowest BCUT2D eigenvalue weighted by Crippen LogP contribution is -2.21. The molecule has 1 heterocycles. The zero-order valence-corrected chi connectivity index (χ0v) is 17.9. The summed E-state index contributed by atoms with van der Waals surface area (Å²) >= 11 is 1.42. The highest BCUT2D eigenvalue weighted by Crippen LogP contribution is 2.40. The fraction of sp³-hybridized carbons (Fsp3) is 0.421. The molecule has 0 bridgehead atoms. The Morgan fingerprint density at radius 3 is 2.37 bits per heavy atom. The Morgan fingerprint density at radius 2 is 1.83 bits per heavy atom. The summed E-state index contributed by atoms with van der Waals surface area (Å²) in [5.41, 5.74) is -4.49. The molecular weight excluding hydrogens is 445 g/mol. The van der Waals surface area contributed by atoms with Crippen LogP contribution in [0.5, 0.6) is 5.75 Å². The first kappa shape index (κ1) is 24.3. The SMILES string of the molecule is CC(C)OC(=O)Oc1ccc2ccccc2c1C1CCC[SH+]1.O=S(=O)([O-])C(F)(F)F. The average Bonchev–Trinajstić information content (AvgIpc) is 3.13. The van der Waals surface area contributed by atoms with Crippen LogP contribution >= 0.6 is 0 Å². The van der Waals surface area contributed by atoms with Gasteiger partial charge >= 0.3 is 11.7 Å². The van der Waals surface area contributed by atoms with Crippen molar-refractivity contribution < 1.29 is 40.4 Å². The van der Waals surface area contributed by atoms with Gasteiger partial charge in [-0.15, -0.1) is 0 Å². The molecule has 166 valence electrons. The van der Waals surface area contributed by atoms with Crippen molar-refractivity contribution in [3.05, 3.63) is 42.0 Å². The Hall–Kier alpha value is -1.98. The van der Waals surface area contributed by atoms with Crippen LogP contribution in [-0.4, -0.2) is 36.5 Å². The molecule has 0 amide bonds. The summed E-state index contributed by atoms with van der Waals surface area (Å²) in [5.74, 6) is 1.85. The molecule has 2 aromatic carbocycles. The van der Waals surface area contributed by atoms with Crippen molar-refractivity contribution in [2.75, 3.05) is 5.75 Å².